The lowest BCUT2D eigenvalue weighted by Gasteiger charge is -2.06. The van der Waals surface area contributed by atoms with Crippen molar-refractivity contribution in [1.29, 1.82) is 0 Å². The predicted molar refractivity (Wildman–Crippen MR) is 73.7 cm³/mol. The van der Waals surface area contributed by atoms with E-state index in [-0.39, 0.29) is 6.03 Å². The molecule has 0 aliphatic carbocycles. The van der Waals surface area contributed by atoms with Crippen LogP contribution < -0.4 is 5.32 Å². The maximum absolute atomic E-state index is 11.9. The molecule has 0 aliphatic heterocycles. The molecule has 1 N–H and O–H groups in total. The zero-order chi connectivity index (χ0) is 13.7. The summed E-state index contributed by atoms with van der Waals surface area (Å²) in [4.78, 5) is 20.1. The highest BCUT2D eigenvalue weighted by atomic mass is 16.2. The number of nitrogens with zero attached hydrogens (tertiary/aromatic N) is 3. The lowest BCUT2D eigenvalue weighted by Crippen LogP contribution is -2.29. The molecule has 0 radical (unpaired) electrons. The number of imidazole rings is 1. The Morgan fingerprint density at radius 1 is 1.47 bits per heavy atom. The second-order valence-electron chi connectivity index (χ2n) is 4.82. The Morgan fingerprint density at radius 3 is 3.00 bits per heavy atom. The van der Waals surface area contributed by atoms with E-state index in [1.165, 1.54) is 10.9 Å². The van der Waals surface area contributed by atoms with Crippen LogP contribution in [-0.2, 0) is 0 Å². The van der Waals surface area contributed by atoms with Crippen LogP contribution in [0.2, 0.25) is 0 Å². The number of rotatable bonds is 4. The van der Waals surface area contributed by atoms with Crippen molar-refractivity contribution >= 4 is 6.03 Å². The van der Waals surface area contributed by atoms with Crippen LogP contribution in [-0.4, -0.2) is 27.1 Å². The molecule has 0 fully saturated rings. The number of carbonyl (C=O) groups excluding carboxylic acids is 1. The molecule has 2 aromatic rings. The van der Waals surface area contributed by atoms with Gasteiger partial charge < -0.3 is 5.32 Å². The van der Waals surface area contributed by atoms with Gasteiger partial charge in [-0.2, -0.15) is 0 Å². The number of hydrogen-bond acceptors (Lipinski definition) is 3. The summed E-state index contributed by atoms with van der Waals surface area (Å²) in [5.41, 5.74) is 1.64. The van der Waals surface area contributed by atoms with Crippen LogP contribution >= 0.6 is 0 Å². The molecule has 0 aromatic carbocycles. The lowest BCUT2D eigenvalue weighted by atomic mass is 10.1. The van der Waals surface area contributed by atoms with Crippen molar-refractivity contribution < 1.29 is 4.79 Å². The Balaban J connectivity index is 1.99. The van der Waals surface area contributed by atoms with E-state index in [1.54, 1.807) is 18.6 Å². The van der Waals surface area contributed by atoms with Gasteiger partial charge in [0.1, 0.15) is 6.33 Å². The van der Waals surface area contributed by atoms with Crippen molar-refractivity contribution in [3.8, 4) is 11.3 Å². The minimum absolute atomic E-state index is 0.150. The highest BCUT2D eigenvalue weighted by molar-refractivity contribution is 5.77. The Morgan fingerprint density at radius 2 is 2.32 bits per heavy atom. The molecule has 2 heterocycles. The Labute approximate surface area is 112 Å². The van der Waals surface area contributed by atoms with Gasteiger partial charge in [0, 0.05) is 30.7 Å². The van der Waals surface area contributed by atoms with E-state index in [4.69, 9.17) is 0 Å². The second kappa shape index (κ2) is 6.13. The molecule has 0 aliphatic rings. The third kappa shape index (κ3) is 3.64. The zero-order valence-electron chi connectivity index (χ0n) is 11.2. The topological polar surface area (TPSA) is 59.8 Å². The first-order chi connectivity index (χ1) is 9.16. The first kappa shape index (κ1) is 13.3. The van der Waals surface area contributed by atoms with Gasteiger partial charge in [0.2, 0.25) is 0 Å². The summed E-state index contributed by atoms with van der Waals surface area (Å²) in [5.74, 6) is 0.578. The van der Waals surface area contributed by atoms with E-state index >= 15 is 0 Å². The molecule has 0 bridgehead atoms. The summed E-state index contributed by atoms with van der Waals surface area (Å²) in [5, 5.41) is 2.86. The molecular weight excluding hydrogens is 240 g/mol. The highest BCUT2D eigenvalue weighted by Gasteiger charge is 2.07. The molecule has 100 valence electrons. The van der Waals surface area contributed by atoms with Crippen LogP contribution in [0.15, 0.2) is 37.1 Å². The number of carbonyl (C=O) groups is 1. The number of pyridine rings is 1. The summed E-state index contributed by atoms with van der Waals surface area (Å²) in [6, 6.07) is 3.61. The second-order valence-corrected chi connectivity index (χ2v) is 4.82. The van der Waals surface area contributed by atoms with Crippen LogP contribution in [0.1, 0.15) is 20.3 Å². The monoisotopic (exact) mass is 258 g/mol. The predicted octanol–water partition coefficient (Wildman–Crippen LogP) is 2.55. The fourth-order valence-corrected chi connectivity index (χ4v) is 1.66. The normalized spacial score (nSPS) is 10.7. The molecular formula is C14H18N4O. The van der Waals surface area contributed by atoms with Gasteiger partial charge in [-0.15, -0.1) is 0 Å². The maximum Gasteiger partial charge on any atom is 0.326 e. The van der Waals surface area contributed by atoms with Gasteiger partial charge in [0.05, 0.1) is 5.69 Å². The fraction of sp³-hybridized carbons (Fsp3) is 0.357. The molecule has 5 nitrogen and oxygen atoms in total. The molecule has 0 saturated heterocycles. The van der Waals surface area contributed by atoms with E-state index in [2.05, 4.69) is 29.1 Å². The van der Waals surface area contributed by atoms with Crippen molar-refractivity contribution in [2.45, 2.75) is 20.3 Å². The Bertz CT molecular complexity index is 533. The average Bonchev–Trinajstić information content (AvgIpc) is 2.89. The first-order valence-corrected chi connectivity index (χ1v) is 6.39. The van der Waals surface area contributed by atoms with Crippen LogP contribution in [0.5, 0.6) is 0 Å². The van der Waals surface area contributed by atoms with E-state index in [0.29, 0.717) is 12.5 Å². The molecule has 2 rings (SSSR count). The quantitative estimate of drug-likeness (QED) is 0.916. The van der Waals surface area contributed by atoms with E-state index in [0.717, 1.165) is 17.7 Å². The molecule has 0 spiro atoms. The fourth-order valence-electron chi connectivity index (χ4n) is 1.66. The number of aromatic nitrogens is 3. The Hall–Kier alpha value is -2.17. The van der Waals surface area contributed by atoms with Crippen molar-refractivity contribution in [2.24, 2.45) is 5.92 Å². The highest BCUT2D eigenvalue weighted by Crippen LogP contribution is 2.14. The van der Waals surface area contributed by atoms with Gasteiger partial charge in [-0.3, -0.25) is 9.55 Å². The van der Waals surface area contributed by atoms with Crippen molar-refractivity contribution in [3.05, 3.63) is 37.1 Å². The molecule has 2 aromatic heterocycles. The lowest BCUT2D eigenvalue weighted by molar-refractivity contribution is 0.242. The van der Waals surface area contributed by atoms with Gasteiger partial charge in [-0.1, -0.05) is 13.8 Å². The maximum atomic E-state index is 11.9. The van der Waals surface area contributed by atoms with Crippen LogP contribution in [0.25, 0.3) is 11.3 Å². The van der Waals surface area contributed by atoms with E-state index in [1.807, 2.05) is 12.1 Å². The summed E-state index contributed by atoms with van der Waals surface area (Å²) >= 11 is 0. The molecule has 19 heavy (non-hydrogen) atoms. The van der Waals surface area contributed by atoms with Crippen molar-refractivity contribution in [3.63, 3.8) is 0 Å². The largest absolute Gasteiger partial charge is 0.337 e. The zero-order valence-corrected chi connectivity index (χ0v) is 11.2. The smallest absolute Gasteiger partial charge is 0.326 e. The standard InChI is InChI=1S/C14H18N4O/c1-11(2)5-7-16-14(19)18-9-13(17-10-18)12-4-3-6-15-8-12/h3-4,6,8-11H,5,7H2,1-2H3,(H,16,19). The van der Waals surface area contributed by atoms with E-state index < -0.39 is 0 Å². The first-order valence-electron chi connectivity index (χ1n) is 6.39. The molecule has 5 heteroatoms. The van der Waals surface area contributed by atoms with Gasteiger partial charge in [0.15, 0.2) is 0 Å². The Kier molecular flexibility index (Phi) is 4.28. The minimum atomic E-state index is -0.150. The summed E-state index contributed by atoms with van der Waals surface area (Å²) < 4.78 is 1.46. The summed E-state index contributed by atoms with van der Waals surface area (Å²) in [6.45, 7) is 4.94. The third-order valence-electron chi connectivity index (χ3n) is 2.77. The summed E-state index contributed by atoms with van der Waals surface area (Å²) in [7, 11) is 0. The summed E-state index contributed by atoms with van der Waals surface area (Å²) in [6.07, 6.45) is 7.63. The number of nitrogens with one attached hydrogen (secondary N) is 1. The van der Waals surface area contributed by atoms with Gasteiger partial charge in [-0.25, -0.2) is 9.78 Å². The minimum Gasteiger partial charge on any atom is -0.337 e. The molecule has 0 atom stereocenters. The molecule has 1 amide bonds. The van der Waals surface area contributed by atoms with Crippen LogP contribution in [0.4, 0.5) is 4.79 Å². The SMILES string of the molecule is CC(C)CCNC(=O)n1cnc(-c2cccnc2)c1. The van der Waals surface area contributed by atoms with Gasteiger partial charge >= 0.3 is 6.03 Å². The van der Waals surface area contributed by atoms with Crippen LogP contribution in [0, 0.1) is 5.92 Å². The van der Waals surface area contributed by atoms with Crippen LogP contribution in [0.3, 0.4) is 0 Å². The van der Waals surface area contributed by atoms with E-state index in [9.17, 15) is 4.79 Å². The number of amides is 1. The third-order valence-corrected chi connectivity index (χ3v) is 2.77. The molecule has 0 saturated carbocycles. The molecule has 0 unspecified atom stereocenters. The van der Waals surface area contributed by atoms with Gasteiger partial charge in [-0.05, 0) is 24.5 Å². The van der Waals surface area contributed by atoms with Crippen molar-refractivity contribution in [1.82, 2.24) is 19.9 Å². The number of hydrogen-bond donors (Lipinski definition) is 1. The average molecular weight is 258 g/mol. The van der Waals surface area contributed by atoms with Gasteiger partial charge in [0.25, 0.3) is 0 Å². The van der Waals surface area contributed by atoms with Crippen molar-refractivity contribution in [2.75, 3.05) is 6.54 Å².